The van der Waals surface area contributed by atoms with Crippen LogP contribution in [0.5, 0.6) is 11.5 Å². The number of ether oxygens (including phenoxy) is 2. The predicted molar refractivity (Wildman–Crippen MR) is 102 cm³/mol. The van der Waals surface area contributed by atoms with Crippen LogP contribution in [0.1, 0.15) is 21.5 Å². The summed E-state index contributed by atoms with van der Waals surface area (Å²) in [6.07, 6.45) is 0. The molecule has 2 aromatic rings. The molecular formula is C21H26N2O3. The van der Waals surface area contributed by atoms with Gasteiger partial charge in [0.15, 0.2) is 11.5 Å². The van der Waals surface area contributed by atoms with Gasteiger partial charge in [-0.05, 0) is 30.2 Å². The molecule has 5 heteroatoms. The molecule has 2 aromatic carbocycles. The number of piperazine rings is 1. The topological polar surface area (TPSA) is 42.0 Å². The molecule has 0 bridgehead atoms. The van der Waals surface area contributed by atoms with Crippen molar-refractivity contribution in [2.24, 2.45) is 0 Å². The number of carbonyl (C=O) groups is 1. The Morgan fingerprint density at radius 1 is 0.962 bits per heavy atom. The van der Waals surface area contributed by atoms with Crippen LogP contribution >= 0.6 is 0 Å². The standard InChI is InChI=1S/C21H26N2O3/c1-16-7-4-5-8-17(16)15-22-11-13-23(14-12-22)21(24)18-9-6-10-19(25-2)20(18)26-3/h4-10H,11-15H2,1-3H3. The van der Waals surface area contributed by atoms with Gasteiger partial charge < -0.3 is 14.4 Å². The van der Waals surface area contributed by atoms with Gasteiger partial charge in [0, 0.05) is 32.7 Å². The van der Waals surface area contributed by atoms with E-state index in [1.165, 1.54) is 11.1 Å². The molecule has 1 aliphatic heterocycles. The lowest BCUT2D eigenvalue weighted by Crippen LogP contribution is -2.48. The molecule has 1 saturated heterocycles. The van der Waals surface area contributed by atoms with E-state index in [4.69, 9.17) is 9.47 Å². The number of hydrogen-bond donors (Lipinski definition) is 0. The number of benzene rings is 2. The number of carbonyl (C=O) groups excluding carboxylic acids is 1. The van der Waals surface area contributed by atoms with Crippen molar-refractivity contribution >= 4 is 5.91 Å². The second-order valence-corrected chi connectivity index (χ2v) is 6.54. The first-order valence-electron chi connectivity index (χ1n) is 8.91. The zero-order valence-electron chi connectivity index (χ0n) is 15.7. The summed E-state index contributed by atoms with van der Waals surface area (Å²) in [5.41, 5.74) is 3.22. The second-order valence-electron chi connectivity index (χ2n) is 6.54. The first kappa shape index (κ1) is 18.3. The number of amides is 1. The highest BCUT2D eigenvalue weighted by Gasteiger charge is 2.25. The maximum absolute atomic E-state index is 12.9. The lowest BCUT2D eigenvalue weighted by molar-refractivity contribution is 0.0624. The number of methoxy groups -OCH3 is 2. The van der Waals surface area contributed by atoms with Gasteiger partial charge in [-0.1, -0.05) is 30.3 Å². The minimum absolute atomic E-state index is 0.00343. The number of hydrogen-bond acceptors (Lipinski definition) is 4. The Bertz CT molecular complexity index is 768. The Morgan fingerprint density at radius 2 is 1.69 bits per heavy atom. The van der Waals surface area contributed by atoms with Gasteiger partial charge in [-0.2, -0.15) is 0 Å². The van der Waals surface area contributed by atoms with Gasteiger partial charge in [-0.3, -0.25) is 9.69 Å². The maximum Gasteiger partial charge on any atom is 0.257 e. The Kier molecular flexibility index (Phi) is 5.78. The molecule has 1 fully saturated rings. The minimum atomic E-state index is -0.00343. The van der Waals surface area contributed by atoms with Crippen LogP contribution in [-0.4, -0.2) is 56.1 Å². The summed E-state index contributed by atoms with van der Waals surface area (Å²) >= 11 is 0. The molecule has 3 rings (SSSR count). The molecule has 0 aromatic heterocycles. The van der Waals surface area contributed by atoms with Crippen LogP contribution in [0.4, 0.5) is 0 Å². The minimum Gasteiger partial charge on any atom is -0.493 e. The van der Waals surface area contributed by atoms with Gasteiger partial charge in [-0.15, -0.1) is 0 Å². The highest BCUT2D eigenvalue weighted by atomic mass is 16.5. The summed E-state index contributed by atoms with van der Waals surface area (Å²) in [4.78, 5) is 17.2. The number of para-hydroxylation sites is 1. The van der Waals surface area contributed by atoms with E-state index in [-0.39, 0.29) is 5.91 Å². The van der Waals surface area contributed by atoms with Crippen LogP contribution in [0.2, 0.25) is 0 Å². The Hall–Kier alpha value is -2.53. The molecular weight excluding hydrogens is 328 g/mol. The summed E-state index contributed by atoms with van der Waals surface area (Å²) in [5.74, 6) is 1.08. The number of rotatable bonds is 5. The highest BCUT2D eigenvalue weighted by molar-refractivity contribution is 5.97. The molecule has 26 heavy (non-hydrogen) atoms. The van der Waals surface area contributed by atoms with E-state index in [2.05, 4.69) is 36.1 Å². The molecule has 0 atom stereocenters. The van der Waals surface area contributed by atoms with Gasteiger partial charge in [0.25, 0.3) is 5.91 Å². The van der Waals surface area contributed by atoms with Crippen LogP contribution in [-0.2, 0) is 6.54 Å². The van der Waals surface area contributed by atoms with Crippen molar-refractivity contribution in [2.45, 2.75) is 13.5 Å². The van der Waals surface area contributed by atoms with Gasteiger partial charge in [0.2, 0.25) is 0 Å². The summed E-state index contributed by atoms with van der Waals surface area (Å²) in [5, 5.41) is 0. The van der Waals surface area contributed by atoms with Crippen molar-refractivity contribution in [1.29, 1.82) is 0 Å². The van der Waals surface area contributed by atoms with Crippen molar-refractivity contribution < 1.29 is 14.3 Å². The fourth-order valence-corrected chi connectivity index (χ4v) is 3.36. The largest absolute Gasteiger partial charge is 0.493 e. The molecule has 1 aliphatic rings. The van der Waals surface area contributed by atoms with E-state index in [1.54, 1.807) is 26.4 Å². The normalized spacial score (nSPS) is 15.0. The van der Waals surface area contributed by atoms with E-state index < -0.39 is 0 Å². The highest BCUT2D eigenvalue weighted by Crippen LogP contribution is 2.31. The monoisotopic (exact) mass is 354 g/mol. The van der Waals surface area contributed by atoms with E-state index in [9.17, 15) is 4.79 Å². The summed E-state index contributed by atoms with van der Waals surface area (Å²) in [7, 11) is 3.14. The maximum atomic E-state index is 12.9. The molecule has 138 valence electrons. The SMILES string of the molecule is COc1cccc(C(=O)N2CCN(Cc3ccccc3C)CC2)c1OC. The van der Waals surface area contributed by atoms with Crippen molar-refractivity contribution in [3.8, 4) is 11.5 Å². The zero-order chi connectivity index (χ0) is 18.5. The molecule has 0 unspecified atom stereocenters. The van der Waals surface area contributed by atoms with Gasteiger partial charge >= 0.3 is 0 Å². The van der Waals surface area contributed by atoms with Crippen molar-refractivity contribution in [3.63, 3.8) is 0 Å². The quantitative estimate of drug-likeness (QED) is 0.828. The average Bonchev–Trinajstić information content (AvgIpc) is 2.69. The third-order valence-electron chi connectivity index (χ3n) is 4.95. The number of nitrogens with zero attached hydrogens (tertiary/aromatic N) is 2. The van der Waals surface area contributed by atoms with E-state index in [0.29, 0.717) is 30.2 Å². The molecule has 0 saturated carbocycles. The van der Waals surface area contributed by atoms with E-state index in [0.717, 1.165) is 19.6 Å². The van der Waals surface area contributed by atoms with Crippen LogP contribution in [0.15, 0.2) is 42.5 Å². The van der Waals surface area contributed by atoms with Gasteiger partial charge in [0.1, 0.15) is 0 Å². The van der Waals surface area contributed by atoms with Crippen LogP contribution < -0.4 is 9.47 Å². The van der Waals surface area contributed by atoms with Crippen molar-refractivity contribution in [1.82, 2.24) is 9.80 Å². The zero-order valence-corrected chi connectivity index (χ0v) is 15.7. The first-order valence-corrected chi connectivity index (χ1v) is 8.91. The van der Waals surface area contributed by atoms with Crippen LogP contribution in [0.25, 0.3) is 0 Å². The fraction of sp³-hybridized carbons (Fsp3) is 0.381. The first-order chi connectivity index (χ1) is 12.6. The molecule has 5 nitrogen and oxygen atoms in total. The fourth-order valence-electron chi connectivity index (χ4n) is 3.36. The molecule has 1 heterocycles. The average molecular weight is 354 g/mol. The van der Waals surface area contributed by atoms with E-state index in [1.807, 2.05) is 11.0 Å². The third kappa shape index (κ3) is 3.83. The molecule has 0 aliphatic carbocycles. The molecule has 0 spiro atoms. The number of aryl methyl sites for hydroxylation is 1. The lowest BCUT2D eigenvalue weighted by atomic mass is 10.1. The van der Waals surface area contributed by atoms with Crippen molar-refractivity contribution in [3.05, 3.63) is 59.2 Å². The Labute approximate surface area is 155 Å². The third-order valence-corrected chi connectivity index (χ3v) is 4.95. The van der Waals surface area contributed by atoms with Gasteiger partial charge in [-0.25, -0.2) is 0 Å². The van der Waals surface area contributed by atoms with E-state index >= 15 is 0 Å². The molecule has 1 amide bonds. The summed E-state index contributed by atoms with van der Waals surface area (Å²) < 4.78 is 10.7. The summed E-state index contributed by atoms with van der Waals surface area (Å²) in [6, 6.07) is 13.9. The predicted octanol–water partition coefficient (Wildman–Crippen LogP) is 2.97. The summed E-state index contributed by atoms with van der Waals surface area (Å²) in [6.45, 7) is 6.23. The Balaban J connectivity index is 1.65. The Morgan fingerprint density at radius 3 is 2.35 bits per heavy atom. The van der Waals surface area contributed by atoms with Crippen LogP contribution in [0.3, 0.4) is 0 Å². The van der Waals surface area contributed by atoms with Crippen molar-refractivity contribution in [2.75, 3.05) is 40.4 Å². The smallest absolute Gasteiger partial charge is 0.257 e. The molecule has 0 N–H and O–H groups in total. The lowest BCUT2D eigenvalue weighted by Gasteiger charge is -2.35. The molecule has 0 radical (unpaired) electrons. The van der Waals surface area contributed by atoms with Gasteiger partial charge in [0.05, 0.1) is 19.8 Å². The second kappa shape index (κ2) is 8.23. The van der Waals surface area contributed by atoms with Crippen LogP contribution in [0, 0.1) is 6.92 Å².